The van der Waals surface area contributed by atoms with Crippen LogP contribution in [-0.4, -0.2) is 30.3 Å². The number of carbonyl (C=O) groups is 1. The topological polar surface area (TPSA) is 90.9 Å². The Hall–Kier alpha value is -2.52. The van der Waals surface area contributed by atoms with Crippen molar-refractivity contribution in [3.63, 3.8) is 0 Å². The van der Waals surface area contributed by atoms with E-state index >= 15 is 0 Å². The second kappa shape index (κ2) is 8.24. The first-order valence-corrected chi connectivity index (χ1v) is 10.0. The molecular formula is C18H20ClN5O3S. The lowest BCUT2D eigenvalue weighted by atomic mass is 10.3. The molecule has 0 unspecified atom stereocenters. The van der Waals surface area contributed by atoms with Crippen molar-refractivity contribution in [1.29, 1.82) is 0 Å². The fraction of sp³-hybridized carbons (Fsp3) is 0.333. The van der Waals surface area contributed by atoms with E-state index in [1.807, 2.05) is 6.92 Å². The molecule has 0 saturated carbocycles. The number of benzene rings is 1. The van der Waals surface area contributed by atoms with E-state index in [-0.39, 0.29) is 11.7 Å². The lowest BCUT2D eigenvalue weighted by Crippen LogP contribution is -2.37. The van der Waals surface area contributed by atoms with Gasteiger partial charge in [0, 0.05) is 31.4 Å². The van der Waals surface area contributed by atoms with Crippen molar-refractivity contribution < 1.29 is 4.79 Å². The number of anilines is 1. The highest BCUT2D eigenvalue weighted by Crippen LogP contribution is 2.22. The Labute approximate surface area is 170 Å². The van der Waals surface area contributed by atoms with Gasteiger partial charge in [0.2, 0.25) is 5.91 Å². The highest BCUT2D eigenvalue weighted by molar-refractivity contribution is 7.99. The number of carbonyl (C=O) groups excluding carboxylic acids is 1. The van der Waals surface area contributed by atoms with Crippen LogP contribution >= 0.6 is 23.4 Å². The number of nitrogens with zero attached hydrogens (tertiary/aromatic N) is 4. The van der Waals surface area contributed by atoms with Crippen LogP contribution in [0.4, 0.5) is 5.69 Å². The van der Waals surface area contributed by atoms with Crippen molar-refractivity contribution in [3.8, 4) is 0 Å². The van der Waals surface area contributed by atoms with Crippen LogP contribution in [-0.2, 0) is 25.4 Å². The Bertz CT molecular complexity index is 1160. The van der Waals surface area contributed by atoms with Crippen LogP contribution in [0.2, 0.25) is 5.02 Å². The molecule has 0 radical (unpaired) electrons. The van der Waals surface area contributed by atoms with Gasteiger partial charge >= 0.3 is 5.69 Å². The van der Waals surface area contributed by atoms with Crippen LogP contribution in [0.5, 0.6) is 0 Å². The maximum atomic E-state index is 12.6. The first kappa shape index (κ1) is 20.2. The molecule has 0 atom stereocenters. The summed E-state index contributed by atoms with van der Waals surface area (Å²) in [5.74, 6) is -0.113. The largest absolute Gasteiger partial charge is 0.332 e. The van der Waals surface area contributed by atoms with E-state index in [4.69, 9.17) is 11.6 Å². The van der Waals surface area contributed by atoms with Crippen LogP contribution in [0, 0.1) is 0 Å². The number of hydrogen-bond donors (Lipinski definition) is 1. The quantitative estimate of drug-likeness (QED) is 0.616. The van der Waals surface area contributed by atoms with Gasteiger partial charge in [-0.25, -0.2) is 9.78 Å². The van der Waals surface area contributed by atoms with Gasteiger partial charge in [-0.15, -0.1) is 0 Å². The van der Waals surface area contributed by atoms with Gasteiger partial charge < -0.3 is 9.88 Å². The number of aryl methyl sites for hydroxylation is 2. The molecule has 28 heavy (non-hydrogen) atoms. The average molecular weight is 422 g/mol. The van der Waals surface area contributed by atoms with Crippen LogP contribution in [0.15, 0.2) is 39.0 Å². The van der Waals surface area contributed by atoms with E-state index < -0.39 is 11.2 Å². The second-order valence-corrected chi connectivity index (χ2v) is 7.65. The molecule has 1 aromatic carbocycles. The third-order valence-electron chi connectivity index (χ3n) is 4.20. The highest BCUT2D eigenvalue weighted by Gasteiger charge is 2.19. The second-order valence-electron chi connectivity index (χ2n) is 6.27. The zero-order valence-electron chi connectivity index (χ0n) is 15.7. The van der Waals surface area contributed by atoms with Crippen molar-refractivity contribution in [3.05, 3.63) is 50.1 Å². The van der Waals surface area contributed by atoms with E-state index in [9.17, 15) is 14.4 Å². The predicted octanol–water partition coefficient (Wildman–Crippen LogP) is 2.23. The van der Waals surface area contributed by atoms with Gasteiger partial charge in [0.25, 0.3) is 5.56 Å². The first-order chi connectivity index (χ1) is 13.3. The zero-order valence-corrected chi connectivity index (χ0v) is 17.3. The smallest absolute Gasteiger partial charge is 0.325 e. The molecule has 0 aliphatic heterocycles. The molecule has 0 fully saturated rings. The number of amides is 1. The number of nitrogens with one attached hydrogen (secondary N) is 1. The van der Waals surface area contributed by atoms with E-state index in [1.165, 1.54) is 23.4 Å². The van der Waals surface area contributed by atoms with Crippen LogP contribution in [0.1, 0.15) is 13.3 Å². The Kier molecular flexibility index (Phi) is 5.95. The molecule has 0 bridgehead atoms. The summed E-state index contributed by atoms with van der Waals surface area (Å²) in [4.78, 5) is 41.5. The Morgan fingerprint density at radius 1 is 1.25 bits per heavy atom. The number of thioether (sulfide) groups is 1. The third-order valence-corrected chi connectivity index (χ3v) is 5.41. The molecule has 8 nitrogen and oxygen atoms in total. The number of aromatic nitrogens is 4. The summed E-state index contributed by atoms with van der Waals surface area (Å²) in [7, 11) is 3.02. The fourth-order valence-electron chi connectivity index (χ4n) is 2.86. The molecule has 10 heteroatoms. The summed E-state index contributed by atoms with van der Waals surface area (Å²) in [6.45, 7) is 2.54. The van der Waals surface area contributed by atoms with Gasteiger partial charge in [0.05, 0.1) is 5.75 Å². The summed E-state index contributed by atoms with van der Waals surface area (Å²) < 4.78 is 4.18. The lowest BCUT2D eigenvalue weighted by Gasteiger charge is -2.08. The summed E-state index contributed by atoms with van der Waals surface area (Å²) in [5, 5.41) is 3.84. The van der Waals surface area contributed by atoms with Gasteiger partial charge in [0.1, 0.15) is 0 Å². The molecular weight excluding hydrogens is 402 g/mol. The molecule has 0 aliphatic carbocycles. The molecule has 3 rings (SSSR count). The highest BCUT2D eigenvalue weighted by atomic mass is 35.5. The monoisotopic (exact) mass is 421 g/mol. The standard InChI is InChI=1S/C18H20ClN5O3S/c1-4-8-24-14-15(22(2)18(27)23(3)16(14)26)21-17(24)28-10-13(25)20-12-7-5-6-11(19)9-12/h5-7,9H,4,8,10H2,1-3H3,(H,20,25). The Morgan fingerprint density at radius 2 is 2.00 bits per heavy atom. The van der Waals surface area contributed by atoms with Crippen LogP contribution < -0.4 is 16.6 Å². The first-order valence-electron chi connectivity index (χ1n) is 8.68. The van der Waals surface area contributed by atoms with Crippen LogP contribution in [0.3, 0.4) is 0 Å². The minimum atomic E-state index is -0.436. The number of halogens is 1. The van der Waals surface area contributed by atoms with Crippen LogP contribution in [0.25, 0.3) is 11.2 Å². The van der Waals surface area contributed by atoms with Crippen molar-refractivity contribution in [1.82, 2.24) is 18.7 Å². The molecule has 0 spiro atoms. The minimum absolute atomic E-state index is 0.105. The Morgan fingerprint density at radius 3 is 2.68 bits per heavy atom. The number of rotatable bonds is 6. The molecule has 0 aliphatic rings. The Balaban J connectivity index is 1.90. The molecule has 1 amide bonds. The average Bonchev–Trinajstić information content (AvgIpc) is 3.02. The molecule has 2 heterocycles. The lowest BCUT2D eigenvalue weighted by molar-refractivity contribution is -0.113. The maximum absolute atomic E-state index is 12.6. The van der Waals surface area contributed by atoms with Gasteiger partial charge in [-0.05, 0) is 24.6 Å². The summed E-state index contributed by atoms with van der Waals surface area (Å²) in [6.07, 6.45) is 0.778. The molecule has 1 N–H and O–H groups in total. The van der Waals surface area contributed by atoms with Crippen molar-refractivity contribution in [2.24, 2.45) is 14.1 Å². The fourth-order valence-corrected chi connectivity index (χ4v) is 3.87. The van der Waals surface area contributed by atoms with E-state index in [0.29, 0.717) is 33.6 Å². The van der Waals surface area contributed by atoms with E-state index in [2.05, 4.69) is 10.3 Å². The number of fused-ring (bicyclic) bond motifs is 1. The van der Waals surface area contributed by atoms with E-state index in [0.717, 1.165) is 11.0 Å². The van der Waals surface area contributed by atoms with Gasteiger partial charge in [-0.2, -0.15) is 0 Å². The molecule has 0 saturated heterocycles. The van der Waals surface area contributed by atoms with Gasteiger partial charge in [-0.1, -0.05) is 36.4 Å². The summed E-state index contributed by atoms with van der Waals surface area (Å²) >= 11 is 7.14. The van der Waals surface area contributed by atoms with Crippen molar-refractivity contribution in [2.75, 3.05) is 11.1 Å². The normalized spacial score (nSPS) is 11.1. The number of imidazole rings is 1. The number of hydrogen-bond acceptors (Lipinski definition) is 5. The zero-order chi connectivity index (χ0) is 20.4. The molecule has 3 aromatic rings. The molecule has 148 valence electrons. The van der Waals surface area contributed by atoms with Crippen molar-refractivity contribution in [2.45, 2.75) is 25.0 Å². The maximum Gasteiger partial charge on any atom is 0.332 e. The minimum Gasteiger partial charge on any atom is -0.325 e. The SMILES string of the molecule is CCCn1c(SCC(=O)Nc2cccc(Cl)c2)nc2c1c(=O)n(C)c(=O)n2C. The van der Waals surface area contributed by atoms with Gasteiger partial charge in [0.15, 0.2) is 16.3 Å². The predicted molar refractivity (Wildman–Crippen MR) is 111 cm³/mol. The summed E-state index contributed by atoms with van der Waals surface area (Å²) in [6, 6.07) is 6.89. The van der Waals surface area contributed by atoms with E-state index in [1.54, 1.807) is 35.9 Å². The molecule has 2 aromatic heterocycles. The van der Waals surface area contributed by atoms with Crippen molar-refractivity contribution >= 4 is 46.1 Å². The third kappa shape index (κ3) is 3.85. The summed E-state index contributed by atoms with van der Waals surface area (Å²) in [5.41, 5.74) is 0.461. The van der Waals surface area contributed by atoms with Gasteiger partial charge in [-0.3, -0.25) is 18.7 Å².